The predicted molar refractivity (Wildman–Crippen MR) is 83.6 cm³/mol. The molecule has 20 heavy (non-hydrogen) atoms. The van der Waals surface area contributed by atoms with Crippen molar-refractivity contribution in [3.05, 3.63) is 29.6 Å². The number of nitrogens with zero attached hydrogens (tertiary/aromatic N) is 1. The average Bonchev–Trinajstić information content (AvgIpc) is 2.87. The van der Waals surface area contributed by atoms with Gasteiger partial charge in [-0.25, -0.2) is 4.39 Å². The van der Waals surface area contributed by atoms with Crippen molar-refractivity contribution in [3.8, 4) is 0 Å². The highest BCUT2D eigenvalue weighted by Gasteiger charge is 2.22. The van der Waals surface area contributed by atoms with E-state index in [1.54, 1.807) is 12.1 Å². The molecule has 0 amide bonds. The molecule has 1 aliphatic rings. The van der Waals surface area contributed by atoms with E-state index < -0.39 is 0 Å². The topological polar surface area (TPSA) is 15.3 Å². The molecule has 1 heterocycles. The summed E-state index contributed by atoms with van der Waals surface area (Å²) in [5.41, 5.74) is 2.29. The summed E-state index contributed by atoms with van der Waals surface area (Å²) in [4.78, 5) is 2.42. The third-order valence-electron chi connectivity index (χ3n) is 4.11. The highest BCUT2D eigenvalue weighted by Crippen LogP contribution is 2.29. The zero-order chi connectivity index (χ0) is 14.5. The Hall–Kier alpha value is -1.09. The van der Waals surface area contributed by atoms with Gasteiger partial charge in [0.15, 0.2) is 0 Å². The van der Waals surface area contributed by atoms with Crippen molar-refractivity contribution in [1.82, 2.24) is 5.32 Å². The van der Waals surface area contributed by atoms with E-state index in [1.165, 1.54) is 18.5 Å². The van der Waals surface area contributed by atoms with Crippen molar-refractivity contribution >= 4 is 5.69 Å². The van der Waals surface area contributed by atoms with Gasteiger partial charge in [0, 0.05) is 25.3 Å². The molecule has 0 aliphatic carbocycles. The van der Waals surface area contributed by atoms with Gasteiger partial charge in [0.25, 0.3) is 0 Å². The fourth-order valence-electron chi connectivity index (χ4n) is 2.88. The molecule has 0 aromatic heterocycles. The summed E-state index contributed by atoms with van der Waals surface area (Å²) in [5, 5.41) is 3.42. The van der Waals surface area contributed by atoms with Crippen LogP contribution in [0.1, 0.15) is 39.2 Å². The van der Waals surface area contributed by atoms with Crippen LogP contribution >= 0.6 is 0 Å². The molecule has 1 N–H and O–H groups in total. The van der Waals surface area contributed by atoms with Gasteiger partial charge in [-0.1, -0.05) is 27.2 Å². The number of halogens is 1. The van der Waals surface area contributed by atoms with Crippen LogP contribution in [0.4, 0.5) is 10.1 Å². The van der Waals surface area contributed by atoms with Crippen LogP contribution in [-0.4, -0.2) is 19.6 Å². The number of hydrogen-bond acceptors (Lipinski definition) is 2. The summed E-state index contributed by atoms with van der Waals surface area (Å²) in [5.74, 6) is 1.26. The van der Waals surface area contributed by atoms with Crippen LogP contribution < -0.4 is 10.2 Å². The minimum atomic E-state index is -0.138. The summed E-state index contributed by atoms with van der Waals surface area (Å²) >= 11 is 0. The second kappa shape index (κ2) is 7.07. The fourth-order valence-corrected chi connectivity index (χ4v) is 2.88. The first kappa shape index (κ1) is 15.3. The lowest BCUT2D eigenvalue weighted by Gasteiger charge is -2.22. The highest BCUT2D eigenvalue weighted by molar-refractivity contribution is 5.54. The molecule has 1 atom stereocenters. The lowest BCUT2D eigenvalue weighted by atomic mass is 10.1. The molecule has 0 bridgehead atoms. The molecule has 1 aromatic carbocycles. The molecular formula is C17H27FN2. The van der Waals surface area contributed by atoms with E-state index in [1.807, 2.05) is 6.07 Å². The number of benzene rings is 1. The molecular weight excluding hydrogens is 251 g/mol. The molecule has 2 rings (SSSR count). The maximum absolute atomic E-state index is 13.5. The Morgan fingerprint density at radius 1 is 1.40 bits per heavy atom. The van der Waals surface area contributed by atoms with Crippen molar-refractivity contribution in [3.63, 3.8) is 0 Å². The summed E-state index contributed by atoms with van der Waals surface area (Å²) in [7, 11) is 0. The van der Waals surface area contributed by atoms with Crippen LogP contribution in [-0.2, 0) is 6.54 Å². The summed E-state index contributed by atoms with van der Waals surface area (Å²) in [6, 6.07) is 5.21. The van der Waals surface area contributed by atoms with Crippen LogP contribution in [0.15, 0.2) is 18.2 Å². The smallest absolute Gasteiger partial charge is 0.123 e. The van der Waals surface area contributed by atoms with Crippen molar-refractivity contribution in [2.45, 2.75) is 40.2 Å². The minimum absolute atomic E-state index is 0.138. The lowest BCUT2D eigenvalue weighted by Crippen LogP contribution is -2.24. The van der Waals surface area contributed by atoms with Crippen molar-refractivity contribution in [1.29, 1.82) is 0 Å². The minimum Gasteiger partial charge on any atom is -0.371 e. The van der Waals surface area contributed by atoms with Gasteiger partial charge in [0.1, 0.15) is 5.82 Å². The Morgan fingerprint density at radius 2 is 2.20 bits per heavy atom. The van der Waals surface area contributed by atoms with Gasteiger partial charge in [0.2, 0.25) is 0 Å². The number of rotatable bonds is 6. The molecule has 0 spiro atoms. The zero-order valence-corrected chi connectivity index (χ0v) is 13.0. The fraction of sp³-hybridized carbons (Fsp3) is 0.647. The second-order valence-corrected chi connectivity index (χ2v) is 6.31. The van der Waals surface area contributed by atoms with Gasteiger partial charge in [-0.15, -0.1) is 0 Å². The molecule has 1 unspecified atom stereocenters. The first-order chi connectivity index (χ1) is 9.60. The van der Waals surface area contributed by atoms with Crippen molar-refractivity contribution in [2.75, 3.05) is 24.5 Å². The molecule has 1 aliphatic heterocycles. The lowest BCUT2D eigenvalue weighted by molar-refractivity contribution is 0.549. The Kier molecular flexibility index (Phi) is 5.41. The molecule has 1 saturated heterocycles. The first-order valence-electron chi connectivity index (χ1n) is 7.84. The van der Waals surface area contributed by atoms with Crippen LogP contribution in [0.2, 0.25) is 0 Å². The van der Waals surface area contributed by atoms with Gasteiger partial charge in [-0.3, -0.25) is 0 Å². The average molecular weight is 278 g/mol. The van der Waals surface area contributed by atoms with Crippen LogP contribution in [0.25, 0.3) is 0 Å². The van der Waals surface area contributed by atoms with Crippen molar-refractivity contribution in [2.24, 2.45) is 11.8 Å². The van der Waals surface area contributed by atoms with E-state index in [4.69, 9.17) is 0 Å². The van der Waals surface area contributed by atoms with E-state index in [2.05, 4.69) is 31.0 Å². The largest absolute Gasteiger partial charge is 0.371 e. The molecule has 0 saturated carbocycles. The number of nitrogens with one attached hydrogen (secondary N) is 1. The third kappa shape index (κ3) is 3.95. The van der Waals surface area contributed by atoms with Crippen LogP contribution in [0.3, 0.4) is 0 Å². The van der Waals surface area contributed by atoms with E-state index in [0.29, 0.717) is 5.92 Å². The zero-order valence-electron chi connectivity index (χ0n) is 13.0. The Labute approximate surface area is 122 Å². The Bertz CT molecular complexity index is 431. The standard InChI is InChI=1S/C17H27FN2/c1-4-14-7-8-20(12-14)17-6-5-16(18)9-15(17)11-19-10-13(2)3/h5-6,9,13-14,19H,4,7-8,10-12H2,1-3H3. The monoisotopic (exact) mass is 278 g/mol. The maximum atomic E-state index is 13.5. The third-order valence-corrected chi connectivity index (χ3v) is 4.11. The van der Waals surface area contributed by atoms with E-state index in [0.717, 1.165) is 37.7 Å². The number of anilines is 1. The molecule has 2 nitrogen and oxygen atoms in total. The molecule has 1 fully saturated rings. The Balaban J connectivity index is 2.07. The van der Waals surface area contributed by atoms with Crippen LogP contribution in [0.5, 0.6) is 0 Å². The summed E-state index contributed by atoms with van der Waals surface area (Å²) in [6.45, 7) is 10.5. The SMILES string of the molecule is CCC1CCN(c2ccc(F)cc2CNCC(C)C)C1. The second-order valence-electron chi connectivity index (χ2n) is 6.31. The first-order valence-corrected chi connectivity index (χ1v) is 7.84. The van der Waals surface area contributed by atoms with E-state index in [-0.39, 0.29) is 5.82 Å². The van der Waals surface area contributed by atoms with Crippen LogP contribution in [0, 0.1) is 17.7 Å². The van der Waals surface area contributed by atoms with E-state index in [9.17, 15) is 4.39 Å². The molecule has 0 radical (unpaired) electrons. The van der Waals surface area contributed by atoms with Crippen molar-refractivity contribution < 1.29 is 4.39 Å². The molecule has 1 aromatic rings. The Morgan fingerprint density at radius 3 is 2.85 bits per heavy atom. The highest BCUT2D eigenvalue weighted by atomic mass is 19.1. The maximum Gasteiger partial charge on any atom is 0.123 e. The number of hydrogen-bond donors (Lipinski definition) is 1. The summed E-state index contributed by atoms with van der Waals surface area (Å²) in [6.07, 6.45) is 2.49. The van der Waals surface area contributed by atoms with Gasteiger partial charge >= 0.3 is 0 Å². The molecule has 3 heteroatoms. The van der Waals surface area contributed by atoms with Gasteiger partial charge in [-0.05, 0) is 48.6 Å². The van der Waals surface area contributed by atoms with Gasteiger partial charge < -0.3 is 10.2 Å². The normalized spacial score (nSPS) is 19.1. The van der Waals surface area contributed by atoms with E-state index >= 15 is 0 Å². The quantitative estimate of drug-likeness (QED) is 0.851. The molecule has 112 valence electrons. The van der Waals surface area contributed by atoms with Gasteiger partial charge in [-0.2, -0.15) is 0 Å². The summed E-state index contributed by atoms with van der Waals surface area (Å²) < 4.78 is 13.5. The predicted octanol–water partition coefficient (Wildman–Crippen LogP) is 3.81. The van der Waals surface area contributed by atoms with Gasteiger partial charge in [0.05, 0.1) is 0 Å².